The Balaban J connectivity index is 2.93. The van der Waals surface area contributed by atoms with E-state index in [4.69, 9.17) is 11.5 Å². The van der Waals surface area contributed by atoms with Gasteiger partial charge in [-0.3, -0.25) is 0 Å². The molecule has 0 aliphatic rings. The third-order valence-corrected chi connectivity index (χ3v) is 2.52. The van der Waals surface area contributed by atoms with Crippen LogP contribution in [0, 0.1) is 30.6 Å². The quantitative estimate of drug-likeness (QED) is 0.610. The lowest BCUT2D eigenvalue weighted by Gasteiger charge is -1.81. The van der Waals surface area contributed by atoms with Crippen LogP contribution < -0.4 is 11.5 Å². The van der Waals surface area contributed by atoms with Crippen molar-refractivity contribution in [3.63, 3.8) is 0 Å². The average Bonchev–Trinajstić information content (AvgIpc) is 2.53. The van der Waals surface area contributed by atoms with E-state index in [-0.39, 0.29) is 0 Å². The van der Waals surface area contributed by atoms with Crippen LogP contribution in [-0.2, 0) is 0 Å². The second-order valence-electron chi connectivity index (χ2n) is 2.59. The third-order valence-electron chi connectivity index (χ3n) is 1.56. The van der Waals surface area contributed by atoms with Crippen molar-refractivity contribution < 1.29 is 0 Å². The summed E-state index contributed by atoms with van der Waals surface area (Å²) in [6, 6.07) is 1.98. The van der Waals surface area contributed by atoms with Gasteiger partial charge in [0.2, 0.25) is 0 Å². The minimum absolute atomic E-state index is 0.388. The first-order chi connectivity index (χ1) is 6.77. The number of nitrogens with two attached hydrogens (primary N) is 2. The lowest BCUT2D eigenvalue weighted by molar-refractivity contribution is 1.30. The van der Waals surface area contributed by atoms with Crippen molar-refractivity contribution in [1.82, 2.24) is 0 Å². The van der Waals surface area contributed by atoms with Crippen molar-refractivity contribution in [2.75, 3.05) is 13.1 Å². The number of aryl methyl sites for hydroxylation is 1. The number of rotatable bonds is 0. The highest BCUT2D eigenvalue weighted by atomic mass is 32.1. The summed E-state index contributed by atoms with van der Waals surface area (Å²) in [5.41, 5.74) is 11.6. The summed E-state index contributed by atoms with van der Waals surface area (Å²) >= 11 is 1.63. The Morgan fingerprint density at radius 1 is 1.21 bits per heavy atom. The average molecular weight is 204 g/mol. The Hall–Kier alpha value is -1.26. The van der Waals surface area contributed by atoms with Crippen molar-refractivity contribution in [2.24, 2.45) is 11.5 Å². The molecule has 0 saturated heterocycles. The Morgan fingerprint density at radius 2 is 1.86 bits per heavy atom. The molecule has 0 aliphatic heterocycles. The summed E-state index contributed by atoms with van der Waals surface area (Å²) in [4.78, 5) is 2.18. The zero-order chi connectivity index (χ0) is 10.4. The number of hydrogen-bond acceptors (Lipinski definition) is 3. The summed E-state index contributed by atoms with van der Waals surface area (Å²) in [6.07, 6.45) is 0. The maximum Gasteiger partial charge on any atom is 0.0784 e. The predicted octanol–water partition coefficient (Wildman–Crippen LogP) is 0.677. The van der Waals surface area contributed by atoms with Crippen molar-refractivity contribution in [2.45, 2.75) is 6.92 Å². The monoisotopic (exact) mass is 204 g/mol. The van der Waals surface area contributed by atoms with E-state index in [1.54, 1.807) is 11.3 Å². The minimum Gasteiger partial charge on any atom is -0.320 e. The highest BCUT2D eigenvalue weighted by Crippen LogP contribution is 2.19. The molecule has 14 heavy (non-hydrogen) atoms. The molecule has 1 aromatic rings. The molecule has 0 amide bonds. The molecular formula is C11H12N2S. The molecule has 1 rings (SSSR count). The van der Waals surface area contributed by atoms with Gasteiger partial charge >= 0.3 is 0 Å². The summed E-state index contributed by atoms with van der Waals surface area (Å²) in [7, 11) is 0. The molecule has 0 spiro atoms. The van der Waals surface area contributed by atoms with Crippen LogP contribution >= 0.6 is 11.3 Å². The molecule has 0 radical (unpaired) electrons. The molecule has 1 heterocycles. The Morgan fingerprint density at radius 3 is 2.50 bits per heavy atom. The molecule has 1 aromatic heterocycles. The van der Waals surface area contributed by atoms with E-state index in [0.717, 1.165) is 10.4 Å². The van der Waals surface area contributed by atoms with E-state index in [9.17, 15) is 0 Å². The first-order valence-electron chi connectivity index (χ1n) is 4.26. The van der Waals surface area contributed by atoms with Crippen LogP contribution in [-0.4, -0.2) is 13.1 Å². The van der Waals surface area contributed by atoms with Gasteiger partial charge < -0.3 is 11.5 Å². The Labute approximate surface area is 88.3 Å². The maximum atomic E-state index is 5.30. The molecule has 2 nitrogen and oxygen atoms in total. The van der Waals surface area contributed by atoms with Gasteiger partial charge in [-0.2, -0.15) is 0 Å². The molecule has 0 saturated carbocycles. The van der Waals surface area contributed by atoms with E-state index in [2.05, 4.69) is 23.7 Å². The Kier molecular flexibility index (Phi) is 4.22. The lowest BCUT2D eigenvalue weighted by Crippen LogP contribution is -1.93. The van der Waals surface area contributed by atoms with Gasteiger partial charge in [0, 0.05) is 10.4 Å². The van der Waals surface area contributed by atoms with Gasteiger partial charge in [-0.15, -0.1) is 11.3 Å². The van der Waals surface area contributed by atoms with Crippen molar-refractivity contribution in [1.29, 1.82) is 0 Å². The van der Waals surface area contributed by atoms with Crippen LogP contribution in [0.4, 0.5) is 0 Å². The lowest BCUT2D eigenvalue weighted by atomic mass is 10.2. The molecule has 3 heteroatoms. The SMILES string of the molecule is Cc1sc(C#CCN)cc1C#CCN. The molecule has 0 bridgehead atoms. The summed E-state index contributed by atoms with van der Waals surface area (Å²) in [5.74, 6) is 11.6. The van der Waals surface area contributed by atoms with Gasteiger partial charge in [0.25, 0.3) is 0 Å². The number of thiophene rings is 1. The molecule has 0 fully saturated rings. The van der Waals surface area contributed by atoms with Gasteiger partial charge in [-0.1, -0.05) is 23.7 Å². The molecule has 0 atom stereocenters. The summed E-state index contributed by atoms with van der Waals surface area (Å²) in [6.45, 7) is 2.80. The molecule has 72 valence electrons. The van der Waals surface area contributed by atoms with E-state index in [1.807, 2.05) is 13.0 Å². The van der Waals surface area contributed by atoms with Crippen LogP contribution in [0.1, 0.15) is 15.3 Å². The highest BCUT2D eigenvalue weighted by molar-refractivity contribution is 7.12. The standard InChI is InChI=1S/C11H12N2S/c1-9-10(4-2-6-12)8-11(14-9)5-3-7-13/h8H,6-7,12-13H2,1H3. The fraction of sp³-hybridized carbons (Fsp3) is 0.273. The van der Waals surface area contributed by atoms with E-state index in [1.165, 1.54) is 4.88 Å². The highest BCUT2D eigenvalue weighted by Gasteiger charge is 1.99. The zero-order valence-corrected chi connectivity index (χ0v) is 8.87. The van der Waals surface area contributed by atoms with Crippen LogP contribution in [0.25, 0.3) is 0 Å². The third kappa shape index (κ3) is 2.90. The normalized spacial score (nSPS) is 8.50. The van der Waals surface area contributed by atoms with Crippen molar-refractivity contribution >= 4 is 11.3 Å². The van der Waals surface area contributed by atoms with Gasteiger partial charge in [0.15, 0.2) is 0 Å². The molecule has 0 unspecified atom stereocenters. The smallest absolute Gasteiger partial charge is 0.0784 e. The van der Waals surface area contributed by atoms with E-state index >= 15 is 0 Å². The second-order valence-corrected chi connectivity index (χ2v) is 3.85. The van der Waals surface area contributed by atoms with Crippen LogP contribution in [0.2, 0.25) is 0 Å². The maximum absolute atomic E-state index is 5.30. The largest absolute Gasteiger partial charge is 0.320 e. The fourth-order valence-electron chi connectivity index (χ4n) is 0.952. The van der Waals surface area contributed by atoms with Gasteiger partial charge in [-0.25, -0.2) is 0 Å². The first-order valence-corrected chi connectivity index (χ1v) is 5.08. The molecule has 0 aliphatic carbocycles. The fourth-order valence-corrected chi connectivity index (χ4v) is 1.80. The van der Waals surface area contributed by atoms with Gasteiger partial charge in [-0.05, 0) is 13.0 Å². The van der Waals surface area contributed by atoms with Crippen molar-refractivity contribution in [3.8, 4) is 23.7 Å². The summed E-state index contributed by atoms with van der Waals surface area (Å²) in [5, 5.41) is 0. The second kappa shape index (κ2) is 5.47. The number of hydrogen-bond donors (Lipinski definition) is 2. The molecule has 0 aromatic carbocycles. The first kappa shape index (κ1) is 10.8. The van der Waals surface area contributed by atoms with Crippen molar-refractivity contribution in [3.05, 3.63) is 21.4 Å². The van der Waals surface area contributed by atoms with Crippen LogP contribution in [0.15, 0.2) is 6.07 Å². The minimum atomic E-state index is 0.388. The van der Waals surface area contributed by atoms with Gasteiger partial charge in [0.05, 0.1) is 18.0 Å². The van der Waals surface area contributed by atoms with Crippen LogP contribution in [0.5, 0.6) is 0 Å². The zero-order valence-electron chi connectivity index (χ0n) is 8.05. The Bertz CT molecular complexity index is 424. The van der Waals surface area contributed by atoms with Gasteiger partial charge in [0.1, 0.15) is 0 Å². The van der Waals surface area contributed by atoms with E-state index in [0.29, 0.717) is 13.1 Å². The summed E-state index contributed by atoms with van der Waals surface area (Å²) < 4.78 is 0. The molecule has 4 N–H and O–H groups in total. The predicted molar refractivity (Wildman–Crippen MR) is 60.9 cm³/mol. The van der Waals surface area contributed by atoms with Crippen LogP contribution in [0.3, 0.4) is 0 Å². The topological polar surface area (TPSA) is 52.0 Å². The molecular weight excluding hydrogens is 192 g/mol. The van der Waals surface area contributed by atoms with E-state index < -0.39 is 0 Å².